The Balaban J connectivity index is 2.53. The zero-order valence-corrected chi connectivity index (χ0v) is 14.1. The maximum absolute atomic E-state index is 5.99. The predicted octanol–water partition coefficient (Wildman–Crippen LogP) is 2.45. The van der Waals surface area contributed by atoms with E-state index in [4.69, 9.17) is 5.73 Å². The van der Waals surface area contributed by atoms with Crippen molar-refractivity contribution in [1.82, 2.24) is 10.2 Å². The monoisotopic (exact) mass is 282 g/mol. The topological polar surface area (TPSA) is 53.6 Å². The zero-order chi connectivity index (χ0) is 15.2. The van der Waals surface area contributed by atoms with Gasteiger partial charge in [-0.15, -0.1) is 0 Å². The zero-order valence-electron chi connectivity index (χ0n) is 14.1. The number of likely N-dealkylation sites (N-methyl/N-ethyl adjacent to an activating group) is 1. The SMILES string of the molecule is CC(C)CCNC(N)=NCC1(N(C)C)CCCC(C)C1. The summed E-state index contributed by atoms with van der Waals surface area (Å²) in [6.07, 6.45) is 6.24. The standard InChI is InChI=1S/C16H34N4/c1-13(2)8-10-18-15(17)19-12-16(20(4)5)9-6-7-14(3)11-16/h13-14H,6-12H2,1-5H3,(H3,17,18,19). The molecule has 1 aliphatic carbocycles. The van der Waals surface area contributed by atoms with Crippen LogP contribution in [0.5, 0.6) is 0 Å². The van der Waals surface area contributed by atoms with Gasteiger partial charge in [0.25, 0.3) is 0 Å². The van der Waals surface area contributed by atoms with Gasteiger partial charge in [0.1, 0.15) is 0 Å². The van der Waals surface area contributed by atoms with Crippen LogP contribution in [0, 0.1) is 11.8 Å². The first-order chi connectivity index (χ1) is 9.35. The third-order valence-electron chi connectivity index (χ3n) is 4.59. The lowest BCUT2D eigenvalue weighted by molar-refractivity contribution is 0.0845. The summed E-state index contributed by atoms with van der Waals surface area (Å²) in [4.78, 5) is 6.97. The molecule has 0 aromatic heterocycles. The van der Waals surface area contributed by atoms with Crippen molar-refractivity contribution in [3.05, 3.63) is 0 Å². The van der Waals surface area contributed by atoms with Gasteiger partial charge in [-0.25, -0.2) is 0 Å². The van der Waals surface area contributed by atoms with E-state index < -0.39 is 0 Å². The highest BCUT2D eigenvalue weighted by molar-refractivity contribution is 5.77. The Kier molecular flexibility index (Phi) is 6.80. The number of aliphatic imine (C=N–C) groups is 1. The molecule has 0 aliphatic heterocycles. The molecule has 0 saturated heterocycles. The van der Waals surface area contributed by atoms with E-state index in [9.17, 15) is 0 Å². The quantitative estimate of drug-likeness (QED) is 0.581. The van der Waals surface area contributed by atoms with Gasteiger partial charge < -0.3 is 16.0 Å². The van der Waals surface area contributed by atoms with Gasteiger partial charge in [-0.3, -0.25) is 4.99 Å². The third kappa shape index (κ3) is 5.31. The molecular formula is C16H34N4. The summed E-state index contributed by atoms with van der Waals surface area (Å²) in [6, 6.07) is 0. The minimum absolute atomic E-state index is 0.196. The van der Waals surface area contributed by atoms with Gasteiger partial charge in [-0.1, -0.05) is 33.6 Å². The van der Waals surface area contributed by atoms with E-state index in [1.165, 1.54) is 25.7 Å². The fourth-order valence-electron chi connectivity index (χ4n) is 3.10. The molecule has 0 spiro atoms. The van der Waals surface area contributed by atoms with Crippen LogP contribution in [-0.2, 0) is 0 Å². The second kappa shape index (κ2) is 7.87. The Labute approximate surface area is 125 Å². The smallest absolute Gasteiger partial charge is 0.188 e. The lowest BCUT2D eigenvalue weighted by Gasteiger charge is -2.44. The number of nitrogens with two attached hydrogens (primary N) is 1. The lowest BCUT2D eigenvalue weighted by Crippen LogP contribution is -2.50. The van der Waals surface area contributed by atoms with Crippen LogP contribution in [-0.4, -0.2) is 43.6 Å². The van der Waals surface area contributed by atoms with Gasteiger partial charge in [-0.05, 0) is 45.2 Å². The van der Waals surface area contributed by atoms with Crippen LogP contribution in [0.3, 0.4) is 0 Å². The van der Waals surface area contributed by atoms with Crippen molar-refractivity contribution in [2.24, 2.45) is 22.6 Å². The average Bonchev–Trinajstić information content (AvgIpc) is 2.36. The molecule has 1 saturated carbocycles. The second-order valence-electron chi connectivity index (χ2n) is 7.13. The second-order valence-corrected chi connectivity index (χ2v) is 7.13. The summed E-state index contributed by atoms with van der Waals surface area (Å²) in [5, 5.41) is 3.23. The molecule has 0 bridgehead atoms. The molecule has 0 amide bonds. The van der Waals surface area contributed by atoms with Crippen LogP contribution >= 0.6 is 0 Å². The van der Waals surface area contributed by atoms with E-state index >= 15 is 0 Å². The highest BCUT2D eigenvalue weighted by atomic mass is 15.2. The number of rotatable bonds is 6. The first-order valence-corrected chi connectivity index (χ1v) is 8.07. The highest BCUT2D eigenvalue weighted by Gasteiger charge is 2.36. The predicted molar refractivity (Wildman–Crippen MR) is 88.0 cm³/mol. The lowest BCUT2D eigenvalue weighted by atomic mass is 9.75. The van der Waals surface area contributed by atoms with Crippen molar-refractivity contribution >= 4 is 5.96 Å². The summed E-state index contributed by atoms with van der Waals surface area (Å²) < 4.78 is 0. The van der Waals surface area contributed by atoms with Crippen LogP contribution < -0.4 is 11.1 Å². The third-order valence-corrected chi connectivity index (χ3v) is 4.59. The van der Waals surface area contributed by atoms with Crippen molar-refractivity contribution in [3.63, 3.8) is 0 Å². The molecule has 0 heterocycles. The largest absolute Gasteiger partial charge is 0.370 e. The summed E-state index contributed by atoms with van der Waals surface area (Å²) in [6.45, 7) is 8.52. The van der Waals surface area contributed by atoms with E-state index in [0.29, 0.717) is 11.9 Å². The maximum atomic E-state index is 5.99. The molecule has 1 rings (SSSR count). The minimum Gasteiger partial charge on any atom is -0.370 e. The molecule has 2 atom stereocenters. The fraction of sp³-hybridized carbons (Fsp3) is 0.938. The number of nitrogens with one attached hydrogen (secondary N) is 1. The summed E-state index contributed by atoms with van der Waals surface area (Å²) >= 11 is 0. The number of nitrogens with zero attached hydrogens (tertiary/aromatic N) is 2. The Morgan fingerprint density at radius 1 is 1.45 bits per heavy atom. The molecule has 20 heavy (non-hydrogen) atoms. The molecule has 1 aliphatic rings. The summed E-state index contributed by atoms with van der Waals surface area (Å²) in [7, 11) is 4.35. The van der Waals surface area contributed by atoms with Crippen molar-refractivity contribution in [2.75, 3.05) is 27.2 Å². The maximum Gasteiger partial charge on any atom is 0.188 e. The van der Waals surface area contributed by atoms with Gasteiger partial charge in [0, 0.05) is 12.1 Å². The van der Waals surface area contributed by atoms with Crippen LogP contribution in [0.4, 0.5) is 0 Å². The van der Waals surface area contributed by atoms with Gasteiger partial charge >= 0.3 is 0 Å². The van der Waals surface area contributed by atoms with E-state index in [1.54, 1.807) is 0 Å². The van der Waals surface area contributed by atoms with E-state index in [1.807, 2.05) is 0 Å². The first kappa shape index (κ1) is 17.3. The number of hydrogen-bond donors (Lipinski definition) is 2. The van der Waals surface area contributed by atoms with Crippen molar-refractivity contribution in [1.29, 1.82) is 0 Å². The first-order valence-electron chi connectivity index (χ1n) is 8.07. The molecule has 0 aromatic carbocycles. The molecule has 0 radical (unpaired) electrons. The Morgan fingerprint density at radius 3 is 2.70 bits per heavy atom. The molecule has 0 aromatic rings. The van der Waals surface area contributed by atoms with Gasteiger partial charge in [0.15, 0.2) is 5.96 Å². The van der Waals surface area contributed by atoms with Crippen molar-refractivity contribution in [2.45, 2.75) is 58.4 Å². The average molecular weight is 282 g/mol. The number of guanidine groups is 1. The van der Waals surface area contributed by atoms with Gasteiger partial charge in [-0.2, -0.15) is 0 Å². The minimum atomic E-state index is 0.196. The van der Waals surface area contributed by atoms with Gasteiger partial charge in [0.2, 0.25) is 0 Å². The molecule has 4 heteroatoms. The molecule has 2 unspecified atom stereocenters. The van der Waals surface area contributed by atoms with Crippen molar-refractivity contribution in [3.8, 4) is 0 Å². The Morgan fingerprint density at radius 2 is 2.15 bits per heavy atom. The highest BCUT2D eigenvalue weighted by Crippen LogP contribution is 2.35. The molecular weight excluding hydrogens is 248 g/mol. The normalized spacial score (nSPS) is 28.1. The Hall–Kier alpha value is -0.770. The van der Waals surface area contributed by atoms with E-state index in [-0.39, 0.29) is 5.54 Å². The Bertz CT molecular complexity index is 312. The van der Waals surface area contributed by atoms with Crippen molar-refractivity contribution < 1.29 is 0 Å². The number of hydrogen-bond acceptors (Lipinski definition) is 2. The molecule has 3 N–H and O–H groups in total. The fourth-order valence-corrected chi connectivity index (χ4v) is 3.10. The van der Waals surface area contributed by atoms with Gasteiger partial charge in [0.05, 0.1) is 6.54 Å². The summed E-state index contributed by atoms with van der Waals surface area (Å²) in [5.74, 6) is 2.09. The van der Waals surface area contributed by atoms with E-state index in [0.717, 1.165) is 25.4 Å². The molecule has 4 nitrogen and oxygen atoms in total. The van der Waals surface area contributed by atoms with Crippen LogP contribution in [0.15, 0.2) is 4.99 Å². The molecule has 118 valence electrons. The van der Waals surface area contributed by atoms with Crippen LogP contribution in [0.25, 0.3) is 0 Å². The van der Waals surface area contributed by atoms with Crippen LogP contribution in [0.1, 0.15) is 52.9 Å². The van der Waals surface area contributed by atoms with E-state index in [2.05, 4.69) is 50.1 Å². The van der Waals surface area contributed by atoms with Crippen LogP contribution in [0.2, 0.25) is 0 Å². The summed E-state index contributed by atoms with van der Waals surface area (Å²) in [5.41, 5.74) is 6.19. The molecule has 1 fully saturated rings.